The van der Waals surface area contributed by atoms with Crippen LogP contribution in [0.1, 0.15) is 115 Å². The van der Waals surface area contributed by atoms with E-state index in [0.717, 1.165) is 60.5 Å². The minimum absolute atomic E-state index is 0.687. The van der Waals surface area contributed by atoms with Crippen LogP contribution < -0.4 is 9.47 Å². The minimum Gasteiger partial charge on any atom is -0.493 e. The van der Waals surface area contributed by atoms with Gasteiger partial charge in [0.15, 0.2) is 0 Å². The van der Waals surface area contributed by atoms with E-state index in [1.54, 1.807) is 0 Å². The molecule has 2 aromatic carbocycles. The SMILES string of the molecule is Cc1ccc(C=Cc2cc(OCCC(C)CCCC(C)C)c(C)cc2OCCC(C)CCCC(C)C)cc1. The second-order valence-corrected chi connectivity index (χ2v) is 12.5. The van der Waals surface area contributed by atoms with Crippen molar-refractivity contribution in [2.45, 2.75) is 107 Å². The van der Waals surface area contributed by atoms with Crippen molar-refractivity contribution in [2.75, 3.05) is 13.2 Å². The lowest BCUT2D eigenvalue weighted by Gasteiger charge is -2.17. The van der Waals surface area contributed by atoms with E-state index >= 15 is 0 Å². The van der Waals surface area contributed by atoms with Gasteiger partial charge in [0.25, 0.3) is 0 Å². The van der Waals surface area contributed by atoms with Gasteiger partial charge in [0.05, 0.1) is 13.2 Å². The molecule has 2 aromatic rings. The van der Waals surface area contributed by atoms with Crippen LogP contribution in [0.5, 0.6) is 11.5 Å². The van der Waals surface area contributed by atoms with Crippen LogP contribution in [0.3, 0.4) is 0 Å². The first kappa shape index (κ1) is 32.0. The topological polar surface area (TPSA) is 18.5 Å². The maximum atomic E-state index is 6.38. The van der Waals surface area contributed by atoms with E-state index in [9.17, 15) is 0 Å². The first-order valence-electron chi connectivity index (χ1n) is 15.3. The first-order valence-corrected chi connectivity index (χ1v) is 15.3. The van der Waals surface area contributed by atoms with Crippen molar-refractivity contribution in [3.8, 4) is 11.5 Å². The predicted molar refractivity (Wildman–Crippen MR) is 167 cm³/mol. The van der Waals surface area contributed by atoms with Gasteiger partial charge in [-0.1, -0.05) is 122 Å². The van der Waals surface area contributed by atoms with Crippen molar-refractivity contribution in [1.82, 2.24) is 0 Å². The fourth-order valence-corrected chi connectivity index (χ4v) is 4.73. The molecule has 0 amide bonds. The highest BCUT2D eigenvalue weighted by Gasteiger charge is 2.11. The van der Waals surface area contributed by atoms with Gasteiger partial charge in [0, 0.05) is 5.56 Å². The average Bonchev–Trinajstić information content (AvgIpc) is 2.85. The van der Waals surface area contributed by atoms with E-state index in [1.165, 1.54) is 49.7 Å². The van der Waals surface area contributed by atoms with Crippen LogP contribution >= 0.6 is 0 Å². The van der Waals surface area contributed by atoms with Crippen LogP contribution in [0.25, 0.3) is 12.2 Å². The Labute approximate surface area is 235 Å². The van der Waals surface area contributed by atoms with Gasteiger partial charge >= 0.3 is 0 Å². The number of benzene rings is 2. The summed E-state index contributed by atoms with van der Waals surface area (Å²) in [6.45, 7) is 19.7. The molecule has 0 heterocycles. The van der Waals surface area contributed by atoms with Crippen molar-refractivity contribution in [3.63, 3.8) is 0 Å². The van der Waals surface area contributed by atoms with Crippen LogP contribution in [0.15, 0.2) is 36.4 Å². The van der Waals surface area contributed by atoms with Gasteiger partial charge in [0.1, 0.15) is 11.5 Å². The van der Waals surface area contributed by atoms with Gasteiger partial charge in [-0.3, -0.25) is 0 Å². The fourth-order valence-electron chi connectivity index (χ4n) is 4.73. The molecule has 0 aliphatic rings. The monoisotopic (exact) mass is 520 g/mol. The van der Waals surface area contributed by atoms with Gasteiger partial charge < -0.3 is 9.47 Å². The molecule has 0 aliphatic heterocycles. The standard InChI is InChI=1S/C36H56O2/c1-27(2)11-9-13-29(5)21-23-37-35-26-34(20-19-33-17-15-31(7)16-18-33)36(25-32(35)8)38-24-22-30(6)14-10-12-28(3)4/h15-20,25-30H,9-14,21-24H2,1-8H3. The van der Waals surface area contributed by atoms with Crippen LogP contribution in [-0.2, 0) is 0 Å². The van der Waals surface area contributed by atoms with E-state index in [2.05, 4.69) is 104 Å². The Kier molecular flexibility index (Phi) is 14.6. The molecule has 2 heteroatoms. The molecule has 0 saturated heterocycles. The Morgan fingerprint density at radius 1 is 0.605 bits per heavy atom. The highest BCUT2D eigenvalue weighted by molar-refractivity contribution is 5.74. The fraction of sp³-hybridized carbons (Fsp3) is 0.611. The third-order valence-electron chi connectivity index (χ3n) is 7.53. The molecular weight excluding hydrogens is 464 g/mol. The second-order valence-electron chi connectivity index (χ2n) is 12.5. The highest BCUT2D eigenvalue weighted by atomic mass is 16.5. The van der Waals surface area contributed by atoms with Gasteiger partial charge in [-0.25, -0.2) is 0 Å². The van der Waals surface area contributed by atoms with Crippen LogP contribution in [0.4, 0.5) is 0 Å². The molecule has 0 aromatic heterocycles. The Morgan fingerprint density at radius 2 is 1.13 bits per heavy atom. The highest BCUT2D eigenvalue weighted by Crippen LogP contribution is 2.31. The number of aryl methyl sites for hydroxylation is 2. The summed E-state index contributed by atoms with van der Waals surface area (Å²) in [7, 11) is 0. The van der Waals surface area contributed by atoms with E-state index in [1.807, 2.05) is 0 Å². The quantitative estimate of drug-likeness (QED) is 0.182. The first-order chi connectivity index (χ1) is 18.1. The molecule has 0 saturated carbocycles. The molecular formula is C36H56O2. The molecule has 212 valence electrons. The molecule has 2 rings (SSSR count). The molecule has 0 aliphatic carbocycles. The largest absolute Gasteiger partial charge is 0.493 e. The second kappa shape index (κ2) is 17.4. The smallest absolute Gasteiger partial charge is 0.127 e. The third-order valence-corrected chi connectivity index (χ3v) is 7.53. The summed E-state index contributed by atoms with van der Waals surface area (Å²) in [6.07, 6.45) is 14.4. The predicted octanol–water partition coefficient (Wildman–Crippen LogP) is 10.9. The van der Waals surface area contributed by atoms with Gasteiger partial charge in [-0.15, -0.1) is 0 Å². The minimum atomic E-state index is 0.687. The summed E-state index contributed by atoms with van der Waals surface area (Å²) < 4.78 is 12.7. The zero-order valence-corrected chi connectivity index (χ0v) is 25.8. The van der Waals surface area contributed by atoms with Crippen molar-refractivity contribution in [1.29, 1.82) is 0 Å². The van der Waals surface area contributed by atoms with E-state index in [0.29, 0.717) is 11.8 Å². The van der Waals surface area contributed by atoms with Crippen molar-refractivity contribution in [2.24, 2.45) is 23.7 Å². The lowest BCUT2D eigenvalue weighted by Crippen LogP contribution is -2.07. The van der Waals surface area contributed by atoms with E-state index < -0.39 is 0 Å². The molecule has 38 heavy (non-hydrogen) atoms. The van der Waals surface area contributed by atoms with Crippen LogP contribution in [0.2, 0.25) is 0 Å². The van der Waals surface area contributed by atoms with Crippen LogP contribution in [0, 0.1) is 37.5 Å². The van der Waals surface area contributed by atoms with Gasteiger partial charge in [0.2, 0.25) is 0 Å². The lowest BCUT2D eigenvalue weighted by molar-refractivity contribution is 0.267. The summed E-state index contributed by atoms with van der Waals surface area (Å²) in [5.41, 5.74) is 4.70. The van der Waals surface area contributed by atoms with Crippen molar-refractivity contribution in [3.05, 3.63) is 58.7 Å². The maximum Gasteiger partial charge on any atom is 0.127 e. The molecule has 0 spiro atoms. The third kappa shape index (κ3) is 13.0. The molecule has 0 N–H and O–H groups in total. The van der Waals surface area contributed by atoms with Gasteiger partial charge in [-0.2, -0.15) is 0 Å². The Balaban J connectivity index is 2.04. The Hall–Kier alpha value is -2.22. The molecule has 0 bridgehead atoms. The van der Waals surface area contributed by atoms with Gasteiger partial charge in [-0.05, 0) is 73.6 Å². The number of ether oxygens (including phenoxy) is 2. The summed E-state index contributed by atoms with van der Waals surface area (Å²) in [5.74, 6) is 4.89. The lowest BCUT2D eigenvalue weighted by atomic mass is 9.97. The molecule has 0 fully saturated rings. The molecule has 2 atom stereocenters. The normalized spacial score (nSPS) is 13.4. The average molecular weight is 521 g/mol. The van der Waals surface area contributed by atoms with Crippen molar-refractivity contribution < 1.29 is 9.47 Å². The zero-order valence-electron chi connectivity index (χ0n) is 25.8. The molecule has 0 radical (unpaired) electrons. The number of hydrogen-bond acceptors (Lipinski definition) is 2. The van der Waals surface area contributed by atoms with Crippen molar-refractivity contribution >= 4 is 12.2 Å². The van der Waals surface area contributed by atoms with E-state index in [-0.39, 0.29) is 0 Å². The summed E-state index contributed by atoms with van der Waals surface area (Å²) in [5, 5.41) is 0. The van der Waals surface area contributed by atoms with Crippen LogP contribution in [-0.4, -0.2) is 13.2 Å². The Morgan fingerprint density at radius 3 is 1.66 bits per heavy atom. The summed E-state index contributed by atoms with van der Waals surface area (Å²) in [4.78, 5) is 0. The zero-order chi connectivity index (χ0) is 27.9. The Bertz CT molecular complexity index is 939. The molecule has 2 unspecified atom stereocenters. The van der Waals surface area contributed by atoms with E-state index in [4.69, 9.17) is 9.47 Å². The number of rotatable bonds is 18. The maximum absolute atomic E-state index is 6.38. The molecule has 2 nitrogen and oxygen atoms in total. The number of hydrogen-bond donors (Lipinski definition) is 0. The summed E-state index contributed by atoms with van der Waals surface area (Å²) in [6, 6.07) is 13.0. The summed E-state index contributed by atoms with van der Waals surface area (Å²) >= 11 is 0.